The van der Waals surface area contributed by atoms with Gasteiger partial charge in [0.15, 0.2) is 0 Å². The molecule has 0 spiro atoms. The van der Waals surface area contributed by atoms with Crippen molar-refractivity contribution in [2.75, 3.05) is 0 Å². The van der Waals surface area contributed by atoms with Crippen molar-refractivity contribution >= 4 is 43.8 Å². The summed E-state index contributed by atoms with van der Waals surface area (Å²) in [5.74, 6) is 0. The van der Waals surface area contributed by atoms with E-state index < -0.39 is 0 Å². The molecule has 3 heteroatoms. The minimum Gasteiger partial charge on any atom is -0.268 e. The van der Waals surface area contributed by atoms with Crippen LogP contribution in [0.25, 0.3) is 66.1 Å². The fourth-order valence-electron chi connectivity index (χ4n) is 6.26. The van der Waals surface area contributed by atoms with Crippen LogP contribution in [0.1, 0.15) is 18.4 Å². The number of allylic oxidation sites excluding steroid dienone is 4. The minimum absolute atomic E-state index is 0.0192. The summed E-state index contributed by atoms with van der Waals surface area (Å²) in [7, 11) is 0. The molecule has 0 radical (unpaired) electrons. The number of hydrogen-bond donors (Lipinski definition) is 0. The zero-order chi connectivity index (χ0) is 25.9. The summed E-state index contributed by atoms with van der Waals surface area (Å²) in [6.07, 6.45) is 8.42. The topological polar surface area (TPSA) is 34.4 Å². The van der Waals surface area contributed by atoms with Gasteiger partial charge >= 0.3 is 0 Å². The molecule has 3 nitrogen and oxygen atoms in total. The van der Waals surface area contributed by atoms with Crippen LogP contribution in [-0.2, 0) is 0 Å². The van der Waals surface area contributed by atoms with Crippen LogP contribution >= 0.6 is 0 Å². The first-order valence-corrected chi connectivity index (χ1v) is 13.4. The molecular formula is C36H24N2O. The monoisotopic (exact) mass is 500 g/mol. The number of nitrogens with zero attached hydrogens (tertiary/aromatic N) is 2. The van der Waals surface area contributed by atoms with E-state index in [1.807, 2.05) is 40.8 Å². The van der Waals surface area contributed by atoms with Gasteiger partial charge in [0.05, 0.1) is 11.0 Å². The molecule has 8 rings (SSSR count). The van der Waals surface area contributed by atoms with E-state index in [0.717, 1.165) is 78.9 Å². The molecule has 0 saturated carbocycles. The van der Waals surface area contributed by atoms with Crippen molar-refractivity contribution in [2.24, 2.45) is 0 Å². The van der Waals surface area contributed by atoms with Crippen molar-refractivity contribution in [1.29, 1.82) is 0 Å². The van der Waals surface area contributed by atoms with Crippen molar-refractivity contribution in [2.45, 2.75) is 12.8 Å². The number of aromatic nitrogens is 2. The average molecular weight is 501 g/mol. The molecule has 0 amide bonds. The Morgan fingerprint density at radius 1 is 0.641 bits per heavy atom. The molecule has 0 unspecified atom stereocenters. The van der Waals surface area contributed by atoms with Crippen LogP contribution in [0.5, 0.6) is 0 Å². The zero-order valence-electron chi connectivity index (χ0n) is 21.3. The second-order valence-corrected chi connectivity index (χ2v) is 10.2. The summed E-state index contributed by atoms with van der Waals surface area (Å²) in [6, 6.07) is 35.4. The van der Waals surface area contributed by atoms with Crippen LogP contribution in [0.4, 0.5) is 0 Å². The Balaban J connectivity index is 1.56. The van der Waals surface area contributed by atoms with Gasteiger partial charge in [0, 0.05) is 27.3 Å². The van der Waals surface area contributed by atoms with E-state index in [0.29, 0.717) is 0 Å². The van der Waals surface area contributed by atoms with Gasteiger partial charge in [-0.05, 0) is 52.6 Å². The number of fused-ring (bicyclic) bond motifs is 4. The lowest BCUT2D eigenvalue weighted by atomic mass is 9.93. The number of rotatable bonds is 3. The Kier molecular flexibility index (Phi) is 4.80. The summed E-state index contributed by atoms with van der Waals surface area (Å²) >= 11 is 0. The molecular weight excluding hydrogens is 476 g/mol. The van der Waals surface area contributed by atoms with Crippen molar-refractivity contribution in [3.8, 4) is 22.3 Å². The van der Waals surface area contributed by atoms with Gasteiger partial charge in [-0.15, -0.1) is 0 Å². The van der Waals surface area contributed by atoms with E-state index in [4.69, 9.17) is 4.98 Å². The summed E-state index contributed by atoms with van der Waals surface area (Å²) in [4.78, 5) is 19.6. The van der Waals surface area contributed by atoms with Gasteiger partial charge in [-0.1, -0.05) is 109 Å². The van der Waals surface area contributed by atoms with Crippen molar-refractivity contribution < 1.29 is 0 Å². The third-order valence-electron chi connectivity index (χ3n) is 8.05. The lowest BCUT2D eigenvalue weighted by Crippen LogP contribution is -2.14. The highest BCUT2D eigenvalue weighted by Gasteiger charge is 2.22. The molecule has 1 aliphatic carbocycles. The molecule has 0 atom stereocenters. The first kappa shape index (κ1) is 22.0. The number of imidazole rings is 1. The van der Waals surface area contributed by atoms with Crippen LogP contribution in [0.3, 0.4) is 0 Å². The zero-order valence-corrected chi connectivity index (χ0v) is 21.3. The number of benzene rings is 5. The Labute approximate surface area is 225 Å². The summed E-state index contributed by atoms with van der Waals surface area (Å²) in [5, 5.41) is 3.78. The molecule has 2 aromatic heterocycles. The minimum atomic E-state index is -0.0192. The van der Waals surface area contributed by atoms with Gasteiger partial charge in [0.1, 0.15) is 5.65 Å². The van der Waals surface area contributed by atoms with Crippen LogP contribution in [0.2, 0.25) is 0 Å². The van der Waals surface area contributed by atoms with Gasteiger partial charge in [-0.3, -0.25) is 9.20 Å². The van der Waals surface area contributed by atoms with E-state index in [9.17, 15) is 4.79 Å². The van der Waals surface area contributed by atoms with Gasteiger partial charge in [0.25, 0.3) is 5.56 Å². The fraction of sp³-hybridized carbons (Fsp3) is 0.0556. The third-order valence-corrected chi connectivity index (χ3v) is 8.05. The maximum Gasteiger partial charge on any atom is 0.264 e. The molecule has 39 heavy (non-hydrogen) atoms. The fourth-order valence-corrected chi connectivity index (χ4v) is 6.26. The van der Waals surface area contributed by atoms with E-state index in [1.165, 1.54) is 5.57 Å². The van der Waals surface area contributed by atoms with Gasteiger partial charge in [-0.25, -0.2) is 4.98 Å². The second-order valence-electron chi connectivity index (χ2n) is 10.2. The quantitative estimate of drug-likeness (QED) is 0.243. The SMILES string of the molecule is O=c1c2cccc3c(-c4ccccc4)ccc(c32)c2nc3c(-c4ccccc4)ccc(C4=CC=CCC4)c3n12. The van der Waals surface area contributed by atoms with Crippen molar-refractivity contribution in [3.05, 3.63) is 137 Å². The smallest absolute Gasteiger partial charge is 0.264 e. The highest BCUT2D eigenvalue weighted by Crippen LogP contribution is 2.40. The molecule has 5 aromatic carbocycles. The Morgan fingerprint density at radius 3 is 2.08 bits per heavy atom. The van der Waals surface area contributed by atoms with Gasteiger partial charge in [-0.2, -0.15) is 0 Å². The molecule has 0 fully saturated rings. The highest BCUT2D eigenvalue weighted by atomic mass is 16.1. The first-order chi connectivity index (χ1) is 19.3. The van der Waals surface area contributed by atoms with Crippen LogP contribution in [-0.4, -0.2) is 9.38 Å². The summed E-state index contributed by atoms with van der Waals surface area (Å²) in [5.41, 5.74) is 9.17. The predicted molar refractivity (Wildman–Crippen MR) is 162 cm³/mol. The molecule has 0 aliphatic heterocycles. The Bertz CT molecular complexity index is 2170. The summed E-state index contributed by atoms with van der Waals surface area (Å²) < 4.78 is 1.87. The molecule has 0 N–H and O–H groups in total. The number of pyridine rings is 1. The van der Waals surface area contributed by atoms with Crippen molar-refractivity contribution in [1.82, 2.24) is 9.38 Å². The van der Waals surface area contributed by atoms with E-state index >= 15 is 0 Å². The van der Waals surface area contributed by atoms with E-state index in [2.05, 4.69) is 85.0 Å². The largest absolute Gasteiger partial charge is 0.268 e. The van der Waals surface area contributed by atoms with Crippen LogP contribution in [0.15, 0.2) is 126 Å². The maximum absolute atomic E-state index is 14.4. The normalized spacial score (nSPS) is 13.6. The summed E-state index contributed by atoms with van der Waals surface area (Å²) in [6.45, 7) is 0. The Hall–Kier alpha value is -5.02. The Morgan fingerprint density at radius 2 is 1.33 bits per heavy atom. The van der Waals surface area contributed by atoms with Crippen molar-refractivity contribution in [3.63, 3.8) is 0 Å². The molecule has 7 aromatic rings. The average Bonchev–Trinajstić information content (AvgIpc) is 3.41. The molecule has 2 heterocycles. The molecule has 1 aliphatic rings. The third kappa shape index (κ3) is 3.23. The molecule has 184 valence electrons. The lowest BCUT2D eigenvalue weighted by Gasteiger charge is -2.14. The van der Waals surface area contributed by atoms with Gasteiger partial charge in [0.2, 0.25) is 0 Å². The van der Waals surface area contributed by atoms with E-state index in [-0.39, 0.29) is 5.56 Å². The molecule has 0 bridgehead atoms. The van der Waals surface area contributed by atoms with Gasteiger partial charge < -0.3 is 0 Å². The second kappa shape index (κ2) is 8.50. The predicted octanol–water partition coefficient (Wildman–Crippen LogP) is 8.66. The maximum atomic E-state index is 14.4. The standard InChI is InChI=1S/C36H24N2O/c39-36-31-18-10-17-29-26(23-11-4-1-5-12-23)19-22-30(32(29)31)35-37-33-27(24-13-6-2-7-14-24)20-21-28(34(33)38(35)36)25-15-8-3-9-16-25/h1-8,10-15,17-22H,9,16H2. The first-order valence-electron chi connectivity index (χ1n) is 13.4. The molecule has 0 saturated heterocycles. The lowest BCUT2D eigenvalue weighted by molar-refractivity contribution is 1.05. The van der Waals surface area contributed by atoms with Crippen LogP contribution < -0.4 is 5.56 Å². The number of hydrogen-bond acceptors (Lipinski definition) is 2. The van der Waals surface area contributed by atoms with E-state index in [1.54, 1.807) is 0 Å². The highest BCUT2D eigenvalue weighted by molar-refractivity contribution is 6.19. The van der Waals surface area contributed by atoms with Crippen LogP contribution in [0, 0.1) is 0 Å².